The summed E-state index contributed by atoms with van der Waals surface area (Å²) in [6.45, 7) is 2.89. The molecule has 2 aromatic rings. The number of nitrogens with one attached hydrogen (secondary N) is 2. The molecule has 0 aromatic heterocycles. The van der Waals surface area contributed by atoms with E-state index in [1.165, 1.54) is 24.9 Å². The summed E-state index contributed by atoms with van der Waals surface area (Å²) in [5.41, 5.74) is 5.10. The molecule has 4 rings (SSSR count). The van der Waals surface area contributed by atoms with Crippen molar-refractivity contribution in [3.63, 3.8) is 0 Å². The van der Waals surface area contributed by atoms with Crippen LogP contribution in [-0.4, -0.2) is 19.0 Å². The highest BCUT2D eigenvalue weighted by Crippen LogP contribution is 2.25. The van der Waals surface area contributed by atoms with Crippen molar-refractivity contribution in [2.24, 2.45) is 0 Å². The first-order chi connectivity index (χ1) is 12.3. The first kappa shape index (κ1) is 15.8. The van der Waals surface area contributed by atoms with E-state index >= 15 is 0 Å². The van der Waals surface area contributed by atoms with E-state index in [0.717, 1.165) is 29.9 Å². The molecule has 2 heterocycles. The van der Waals surface area contributed by atoms with E-state index in [1.54, 1.807) is 0 Å². The molecule has 0 radical (unpaired) electrons. The molecular weight excluding hydrogens is 310 g/mol. The topological polar surface area (TPSA) is 44.4 Å². The van der Waals surface area contributed by atoms with Crippen molar-refractivity contribution in [2.75, 3.05) is 23.3 Å². The lowest BCUT2D eigenvalue weighted by Crippen LogP contribution is -2.29. The molecule has 1 fully saturated rings. The molecule has 4 heteroatoms. The molecule has 2 aliphatic heterocycles. The Labute approximate surface area is 148 Å². The molecular formula is C21H23N3O. The second kappa shape index (κ2) is 7.01. The zero-order valence-electron chi connectivity index (χ0n) is 14.3. The van der Waals surface area contributed by atoms with Crippen LogP contribution in [0.15, 0.2) is 54.7 Å². The van der Waals surface area contributed by atoms with Gasteiger partial charge in [-0.05, 0) is 54.7 Å². The Morgan fingerprint density at radius 1 is 0.960 bits per heavy atom. The lowest BCUT2D eigenvalue weighted by atomic mass is 9.96. The van der Waals surface area contributed by atoms with Crippen molar-refractivity contribution in [3.8, 4) is 0 Å². The van der Waals surface area contributed by atoms with Crippen LogP contribution in [0.5, 0.6) is 0 Å². The number of benzene rings is 2. The zero-order chi connectivity index (χ0) is 17.1. The van der Waals surface area contributed by atoms with E-state index in [4.69, 9.17) is 0 Å². The van der Waals surface area contributed by atoms with Gasteiger partial charge in [-0.25, -0.2) is 0 Å². The van der Waals surface area contributed by atoms with Gasteiger partial charge in [0.2, 0.25) is 0 Å². The number of carbonyl (C=O) groups is 1. The molecule has 0 aliphatic carbocycles. The first-order valence-electron chi connectivity index (χ1n) is 8.99. The Hall–Kier alpha value is -2.75. The molecule has 4 nitrogen and oxygen atoms in total. The highest BCUT2D eigenvalue weighted by Gasteiger charge is 2.20. The Bertz CT molecular complexity index is 789. The summed E-state index contributed by atoms with van der Waals surface area (Å²) >= 11 is 0. The summed E-state index contributed by atoms with van der Waals surface area (Å²) in [5.74, 6) is -0.0314. The molecule has 0 unspecified atom stereocenters. The predicted molar refractivity (Wildman–Crippen MR) is 102 cm³/mol. The number of carbonyl (C=O) groups excluding carboxylic acids is 1. The average molecular weight is 333 g/mol. The minimum absolute atomic E-state index is 0.0314. The molecule has 2 aliphatic rings. The third kappa shape index (κ3) is 3.38. The van der Waals surface area contributed by atoms with Crippen LogP contribution in [0, 0.1) is 0 Å². The fraction of sp³-hybridized carbons (Fsp3) is 0.286. The van der Waals surface area contributed by atoms with Gasteiger partial charge in [-0.2, -0.15) is 0 Å². The minimum Gasteiger partial charge on any atom is -0.372 e. The van der Waals surface area contributed by atoms with Crippen LogP contribution in [0.4, 0.5) is 11.4 Å². The smallest absolute Gasteiger partial charge is 0.253 e. The van der Waals surface area contributed by atoms with Crippen molar-refractivity contribution >= 4 is 22.9 Å². The van der Waals surface area contributed by atoms with Crippen LogP contribution < -0.4 is 15.5 Å². The quantitative estimate of drug-likeness (QED) is 0.841. The van der Waals surface area contributed by atoms with E-state index in [-0.39, 0.29) is 5.91 Å². The molecule has 2 N–H and O–H groups in total. The maximum atomic E-state index is 12.2. The van der Waals surface area contributed by atoms with Gasteiger partial charge in [0.1, 0.15) is 0 Å². The fourth-order valence-corrected chi connectivity index (χ4v) is 3.55. The summed E-state index contributed by atoms with van der Waals surface area (Å²) < 4.78 is 0. The van der Waals surface area contributed by atoms with Crippen molar-refractivity contribution in [1.82, 2.24) is 5.32 Å². The van der Waals surface area contributed by atoms with Crippen LogP contribution in [0.25, 0.3) is 5.57 Å². The Kier molecular flexibility index (Phi) is 4.42. The molecule has 0 spiro atoms. The molecule has 1 saturated heterocycles. The maximum Gasteiger partial charge on any atom is 0.253 e. The van der Waals surface area contributed by atoms with Gasteiger partial charge in [0, 0.05) is 37.2 Å². The summed E-state index contributed by atoms with van der Waals surface area (Å²) in [7, 11) is 0. The number of anilines is 2. The number of fused-ring (bicyclic) bond motifs is 1. The lowest BCUT2D eigenvalue weighted by Gasteiger charge is -2.28. The summed E-state index contributed by atoms with van der Waals surface area (Å²) in [6.07, 6.45) is 5.71. The van der Waals surface area contributed by atoms with Gasteiger partial charge in [0.25, 0.3) is 5.91 Å². The van der Waals surface area contributed by atoms with Crippen molar-refractivity contribution in [1.29, 1.82) is 0 Å². The summed E-state index contributed by atoms with van der Waals surface area (Å²) in [5, 5.41) is 6.20. The van der Waals surface area contributed by atoms with Crippen LogP contribution >= 0.6 is 0 Å². The van der Waals surface area contributed by atoms with Crippen LogP contribution in [0.2, 0.25) is 0 Å². The number of piperidine rings is 1. The van der Waals surface area contributed by atoms with Gasteiger partial charge in [0.15, 0.2) is 0 Å². The molecule has 25 heavy (non-hydrogen) atoms. The van der Waals surface area contributed by atoms with E-state index in [9.17, 15) is 4.79 Å². The average Bonchev–Trinajstić information content (AvgIpc) is 2.68. The van der Waals surface area contributed by atoms with Gasteiger partial charge in [-0.15, -0.1) is 0 Å². The van der Waals surface area contributed by atoms with Crippen LogP contribution in [0.1, 0.15) is 30.4 Å². The van der Waals surface area contributed by atoms with Gasteiger partial charge < -0.3 is 15.5 Å². The van der Waals surface area contributed by atoms with Crippen LogP contribution in [-0.2, 0) is 11.3 Å². The Morgan fingerprint density at radius 3 is 2.52 bits per heavy atom. The van der Waals surface area contributed by atoms with Crippen molar-refractivity contribution in [2.45, 2.75) is 25.8 Å². The number of hydrogen-bond donors (Lipinski definition) is 2. The number of hydrogen-bond acceptors (Lipinski definition) is 3. The van der Waals surface area contributed by atoms with Crippen molar-refractivity contribution < 1.29 is 4.79 Å². The summed E-state index contributed by atoms with van der Waals surface area (Å²) in [4.78, 5) is 14.7. The number of rotatable bonds is 3. The summed E-state index contributed by atoms with van der Waals surface area (Å²) in [6, 6.07) is 16.5. The minimum atomic E-state index is -0.0314. The Morgan fingerprint density at radius 2 is 1.72 bits per heavy atom. The monoisotopic (exact) mass is 333 g/mol. The third-order valence-electron chi connectivity index (χ3n) is 4.96. The fourth-order valence-electron chi connectivity index (χ4n) is 3.55. The lowest BCUT2D eigenvalue weighted by molar-refractivity contribution is -0.116. The Balaban J connectivity index is 1.51. The number of amides is 1. The maximum absolute atomic E-state index is 12.2. The van der Waals surface area contributed by atoms with Crippen molar-refractivity contribution in [3.05, 3.63) is 65.9 Å². The molecule has 0 atom stereocenters. The van der Waals surface area contributed by atoms with E-state index < -0.39 is 0 Å². The van der Waals surface area contributed by atoms with E-state index in [0.29, 0.717) is 12.1 Å². The second-order valence-corrected chi connectivity index (χ2v) is 6.64. The molecule has 128 valence electrons. The SMILES string of the molecule is O=C1NCc2ccccc2/C1=C/Nc1ccc(N2CCCCC2)cc1. The highest BCUT2D eigenvalue weighted by molar-refractivity contribution is 6.21. The first-order valence-corrected chi connectivity index (χ1v) is 8.99. The van der Waals surface area contributed by atoms with Crippen LogP contribution in [0.3, 0.4) is 0 Å². The van der Waals surface area contributed by atoms with E-state index in [1.807, 2.05) is 24.4 Å². The van der Waals surface area contributed by atoms with Gasteiger partial charge in [0.05, 0.1) is 5.57 Å². The van der Waals surface area contributed by atoms with Gasteiger partial charge in [-0.3, -0.25) is 4.79 Å². The predicted octanol–water partition coefficient (Wildman–Crippen LogP) is 3.76. The molecule has 0 saturated carbocycles. The molecule has 2 aromatic carbocycles. The number of nitrogens with zero attached hydrogens (tertiary/aromatic N) is 1. The normalized spacial score (nSPS) is 18.6. The third-order valence-corrected chi connectivity index (χ3v) is 4.96. The van der Waals surface area contributed by atoms with Gasteiger partial charge >= 0.3 is 0 Å². The molecule has 0 bridgehead atoms. The van der Waals surface area contributed by atoms with E-state index in [2.05, 4.69) is 45.9 Å². The molecule has 1 amide bonds. The second-order valence-electron chi connectivity index (χ2n) is 6.64. The largest absolute Gasteiger partial charge is 0.372 e. The standard InChI is InChI=1S/C21H23N3O/c25-21-20(19-7-3-2-6-16(19)14-23-21)15-22-17-8-10-18(11-9-17)24-12-4-1-5-13-24/h2-3,6-11,15,22H,1,4-5,12-14H2,(H,23,25)/b20-15-. The van der Waals surface area contributed by atoms with Gasteiger partial charge in [-0.1, -0.05) is 24.3 Å². The zero-order valence-corrected chi connectivity index (χ0v) is 14.3. The highest BCUT2D eigenvalue weighted by atomic mass is 16.1.